The van der Waals surface area contributed by atoms with Crippen molar-refractivity contribution in [3.63, 3.8) is 0 Å². The second-order valence-electron chi connectivity index (χ2n) is 8.36. The van der Waals surface area contributed by atoms with Crippen LogP contribution in [-0.4, -0.2) is 70.5 Å². The third-order valence-corrected chi connectivity index (χ3v) is 6.43. The number of carbonyl (C=O) groups is 2. The highest BCUT2D eigenvalue weighted by Gasteiger charge is 2.51. The van der Waals surface area contributed by atoms with Crippen molar-refractivity contribution < 1.29 is 28.9 Å². The van der Waals surface area contributed by atoms with E-state index < -0.39 is 35.6 Å². The lowest BCUT2D eigenvalue weighted by molar-refractivity contribution is -0.142. The SMILES string of the molecule is CC(C)OC[C@H]1O[C@@H](N2C(=O)NC(=N)C(C(=O)O)C2Sc2ccccc2)CC1OC(C)C. The standard InChI is InChI=1S/C22H31N3O6S/c1-12(2)29-11-16-15(30-13(3)4)10-17(31-16)25-20(32-14-8-6-5-7-9-14)18(21(26)27)19(23)24-22(25)28/h5-9,12-13,15-18,20H,10-11H2,1-4H3,(H,26,27)(H2,23,24,28)/t15?,16-,17-,18?,20?/m1/s1. The van der Waals surface area contributed by atoms with Crippen LogP contribution in [-0.2, 0) is 19.0 Å². The Labute approximate surface area is 192 Å². The zero-order valence-corrected chi connectivity index (χ0v) is 19.5. The van der Waals surface area contributed by atoms with Gasteiger partial charge in [-0.05, 0) is 39.8 Å². The Morgan fingerprint density at radius 1 is 1.28 bits per heavy atom. The van der Waals surface area contributed by atoms with Gasteiger partial charge < -0.3 is 19.3 Å². The number of thioether (sulfide) groups is 1. The van der Waals surface area contributed by atoms with Gasteiger partial charge in [0.1, 0.15) is 29.5 Å². The fraction of sp³-hybridized carbons (Fsp3) is 0.591. The number of nitrogens with one attached hydrogen (secondary N) is 2. The molecule has 1 aromatic carbocycles. The van der Waals surface area contributed by atoms with Gasteiger partial charge in [-0.1, -0.05) is 30.0 Å². The van der Waals surface area contributed by atoms with Gasteiger partial charge >= 0.3 is 12.0 Å². The van der Waals surface area contributed by atoms with Gasteiger partial charge in [0.2, 0.25) is 0 Å². The van der Waals surface area contributed by atoms with Crippen LogP contribution in [0.4, 0.5) is 4.79 Å². The molecule has 2 fully saturated rings. The second-order valence-corrected chi connectivity index (χ2v) is 9.55. The first kappa shape index (κ1) is 24.5. The molecule has 2 aliphatic heterocycles. The van der Waals surface area contributed by atoms with Gasteiger partial charge in [0.15, 0.2) is 0 Å². The molecule has 0 bridgehead atoms. The first-order chi connectivity index (χ1) is 15.2. The molecule has 5 atom stereocenters. The number of rotatable bonds is 9. The van der Waals surface area contributed by atoms with Crippen molar-refractivity contribution >= 4 is 29.6 Å². The zero-order chi connectivity index (χ0) is 23.4. The predicted molar refractivity (Wildman–Crippen MR) is 120 cm³/mol. The molecule has 0 aliphatic carbocycles. The average molecular weight is 466 g/mol. The molecule has 9 nitrogen and oxygen atoms in total. The molecule has 3 unspecified atom stereocenters. The van der Waals surface area contributed by atoms with Gasteiger partial charge in [0, 0.05) is 11.3 Å². The number of aliphatic carboxylic acids is 1. The van der Waals surface area contributed by atoms with Crippen molar-refractivity contribution in [2.45, 2.75) is 75.0 Å². The van der Waals surface area contributed by atoms with E-state index in [4.69, 9.17) is 19.6 Å². The summed E-state index contributed by atoms with van der Waals surface area (Å²) in [7, 11) is 0. The van der Waals surface area contributed by atoms with Gasteiger partial charge in [0.25, 0.3) is 0 Å². The number of urea groups is 1. The summed E-state index contributed by atoms with van der Waals surface area (Å²) in [6, 6.07) is 8.68. The number of benzene rings is 1. The highest BCUT2D eigenvalue weighted by molar-refractivity contribution is 8.00. The van der Waals surface area contributed by atoms with E-state index in [1.807, 2.05) is 58.0 Å². The van der Waals surface area contributed by atoms with E-state index in [0.717, 1.165) is 4.90 Å². The molecule has 3 N–H and O–H groups in total. The number of carboxylic acid groups (broad SMARTS) is 1. The fourth-order valence-corrected chi connectivity index (χ4v) is 5.11. The second kappa shape index (κ2) is 10.7. The Hall–Kier alpha value is -2.14. The van der Waals surface area contributed by atoms with Crippen LogP contribution in [0.15, 0.2) is 35.2 Å². The van der Waals surface area contributed by atoms with Crippen LogP contribution < -0.4 is 5.32 Å². The Balaban J connectivity index is 1.89. The summed E-state index contributed by atoms with van der Waals surface area (Å²) in [5.41, 5.74) is 0. The molecule has 0 aromatic heterocycles. The Morgan fingerprint density at radius 2 is 1.97 bits per heavy atom. The van der Waals surface area contributed by atoms with E-state index in [1.165, 1.54) is 16.7 Å². The number of amidine groups is 1. The highest BCUT2D eigenvalue weighted by Crippen LogP contribution is 2.38. The van der Waals surface area contributed by atoms with Crippen LogP contribution in [0, 0.1) is 11.3 Å². The van der Waals surface area contributed by atoms with E-state index >= 15 is 0 Å². The maximum absolute atomic E-state index is 13.0. The van der Waals surface area contributed by atoms with Gasteiger partial charge in [0.05, 0.1) is 24.9 Å². The van der Waals surface area contributed by atoms with Crippen LogP contribution >= 0.6 is 11.8 Å². The number of hydrogen-bond acceptors (Lipinski definition) is 7. The summed E-state index contributed by atoms with van der Waals surface area (Å²) >= 11 is 1.23. The smallest absolute Gasteiger partial charge is 0.325 e. The lowest BCUT2D eigenvalue weighted by atomic mass is 10.0. The number of nitrogens with zero attached hydrogens (tertiary/aromatic N) is 1. The van der Waals surface area contributed by atoms with Crippen molar-refractivity contribution in [3.8, 4) is 0 Å². The number of amides is 2. The Bertz CT molecular complexity index is 821. The topological polar surface area (TPSA) is 121 Å². The molecule has 176 valence electrons. The number of carbonyl (C=O) groups excluding carboxylic acids is 1. The first-order valence-corrected chi connectivity index (χ1v) is 11.6. The van der Waals surface area contributed by atoms with Gasteiger partial charge in [-0.3, -0.25) is 20.4 Å². The quantitative estimate of drug-likeness (QED) is 0.512. The molecule has 2 heterocycles. The minimum atomic E-state index is -1.23. The lowest BCUT2D eigenvalue weighted by Crippen LogP contribution is -2.63. The van der Waals surface area contributed by atoms with Crippen LogP contribution in [0.2, 0.25) is 0 Å². The van der Waals surface area contributed by atoms with Crippen LogP contribution in [0.3, 0.4) is 0 Å². The fourth-order valence-electron chi connectivity index (χ4n) is 3.78. The minimum absolute atomic E-state index is 0.00823. The van der Waals surface area contributed by atoms with Crippen molar-refractivity contribution in [3.05, 3.63) is 30.3 Å². The molecule has 2 amide bonds. The predicted octanol–water partition coefficient (Wildman–Crippen LogP) is 3.14. The number of carboxylic acids is 1. The van der Waals surface area contributed by atoms with Crippen molar-refractivity contribution in [1.82, 2.24) is 10.2 Å². The van der Waals surface area contributed by atoms with Crippen LogP contribution in [0.25, 0.3) is 0 Å². The molecular weight excluding hydrogens is 434 g/mol. The number of hydrogen-bond donors (Lipinski definition) is 3. The Kier molecular flexibility index (Phi) is 8.16. The Morgan fingerprint density at radius 3 is 2.56 bits per heavy atom. The van der Waals surface area contributed by atoms with Crippen molar-refractivity contribution in [2.24, 2.45) is 5.92 Å². The van der Waals surface area contributed by atoms with Crippen molar-refractivity contribution in [1.29, 1.82) is 5.41 Å². The highest BCUT2D eigenvalue weighted by atomic mass is 32.2. The summed E-state index contributed by atoms with van der Waals surface area (Å²) in [4.78, 5) is 27.2. The van der Waals surface area contributed by atoms with Crippen LogP contribution in [0.5, 0.6) is 0 Å². The van der Waals surface area contributed by atoms with E-state index in [0.29, 0.717) is 13.0 Å². The molecule has 0 saturated carbocycles. The van der Waals surface area contributed by atoms with Gasteiger partial charge in [-0.15, -0.1) is 0 Å². The van der Waals surface area contributed by atoms with E-state index in [2.05, 4.69) is 5.32 Å². The third kappa shape index (κ3) is 5.80. The summed E-state index contributed by atoms with van der Waals surface area (Å²) < 4.78 is 18.0. The molecular formula is C22H31N3O6S. The lowest BCUT2D eigenvalue weighted by Gasteiger charge is -2.42. The molecule has 0 radical (unpaired) electrons. The van der Waals surface area contributed by atoms with Gasteiger partial charge in [-0.25, -0.2) is 4.79 Å². The summed E-state index contributed by atoms with van der Waals surface area (Å²) in [5.74, 6) is -2.74. The zero-order valence-electron chi connectivity index (χ0n) is 18.7. The molecule has 1 aromatic rings. The molecule has 0 spiro atoms. The van der Waals surface area contributed by atoms with Gasteiger partial charge in [-0.2, -0.15) is 0 Å². The molecule has 3 rings (SSSR count). The average Bonchev–Trinajstić information content (AvgIpc) is 3.08. The maximum Gasteiger partial charge on any atom is 0.325 e. The summed E-state index contributed by atoms with van der Waals surface area (Å²) in [5, 5.41) is 19.5. The molecule has 32 heavy (non-hydrogen) atoms. The maximum atomic E-state index is 13.0. The van der Waals surface area contributed by atoms with Crippen LogP contribution in [0.1, 0.15) is 34.1 Å². The summed E-state index contributed by atoms with van der Waals surface area (Å²) in [6.45, 7) is 8.01. The number of ether oxygens (including phenoxy) is 3. The minimum Gasteiger partial charge on any atom is -0.481 e. The molecule has 2 saturated heterocycles. The first-order valence-electron chi connectivity index (χ1n) is 10.7. The third-order valence-electron chi connectivity index (χ3n) is 5.14. The normalized spacial score (nSPS) is 28.4. The van der Waals surface area contributed by atoms with E-state index in [1.54, 1.807) is 0 Å². The van der Waals surface area contributed by atoms with E-state index in [9.17, 15) is 14.7 Å². The largest absolute Gasteiger partial charge is 0.481 e. The van der Waals surface area contributed by atoms with E-state index in [-0.39, 0.29) is 24.1 Å². The monoisotopic (exact) mass is 465 g/mol. The summed E-state index contributed by atoms with van der Waals surface area (Å²) in [6.07, 6.45) is -1.08. The molecule has 2 aliphatic rings. The van der Waals surface area contributed by atoms with Crippen molar-refractivity contribution in [2.75, 3.05) is 6.61 Å². The molecule has 10 heteroatoms.